The largest absolute Gasteiger partial charge is 0.149 e. The van der Waals surface area contributed by atoms with Crippen LogP contribution in [0.4, 0.5) is 0 Å². The molecule has 1 aliphatic carbocycles. The van der Waals surface area contributed by atoms with E-state index >= 15 is 0 Å². The summed E-state index contributed by atoms with van der Waals surface area (Å²) in [5.41, 5.74) is 0. The Hall–Kier alpha value is 0.180. The Morgan fingerprint density at radius 1 is 1.33 bits per heavy atom. The molecule has 2 rings (SSSR count). The van der Waals surface area contributed by atoms with Gasteiger partial charge in [-0.15, -0.1) is 11.3 Å². The molecule has 15 heavy (non-hydrogen) atoms. The van der Waals surface area contributed by atoms with E-state index in [0.717, 1.165) is 10.7 Å². The number of rotatable bonds is 3. The van der Waals surface area contributed by atoms with E-state index in [2.05, 4.69) is 33.4 Å². The van der Waals surface area contributed by atoms with Gasteiger partial charge in [0.2, 0.25) is 0 Å². The third kappa shape index (κ3) is 3.92. The molecule has 0 bridgehead atoms. The lowest BCUT2D eigenvalue weighted by Crippen LogP contribution is -2.06. The second-order valence-corrected chi connectivity index (χ2v) is 6.93. The van der Waals surface area contributed by atoms with Crippen molar-refractivity contribution in [2.75, 3.05) is 0 Å². The van der Waals surface area contributed by atoms with Crippen molar-refractivity contribution in [3.05, 3.63) is 22.4 Å². The molecular weight excluding hydrogens is 268 g/mol. The average molecular weight is 287 g/mol. The van der Waals surface area contributed by atoms with Crippen LogP contribution >= 0.6 is 27.3 Å². The molecule has 1 fully saturated rings. The molecule has 1 heterocycles. The van der Waals surface area contributed by atoms with Crippen molar-refractivity contribution in [3.63, 3.8) is 0 Å². The molecular formula is C13H19BrS. The third-order valence-electron chi connectivity index (χ3n) is 3.35. The molecule has 0 nitrogen and oxygen atoms in total. The van der Waals surface area contributed by atoms with E-state index in [-0.39, 0.29) is 0 Å². The van der Waals surface area contributed by atoms with Crippen molar-refractivity contribution in [3.8, 4) is 0 Å². The zero-order valence-corrected chi connectivity index (χ0v) is 11.5. The monoisotopic (exact) mass is 286 g/mol. The van der Waals surface area contributed by atoms with Gasteiger partial charge in [-0.2, -0.15) is 0 Å². The van der Waals surface area contributed by atoms with E-state index < -0.39 is 0 Å². The Morgan fingerprint density at radius 2 is 2.20 bits per heavy atom. The van der Waals surface area contributed by atoms with Crippen LogP contribution < -0.4 is 0 Å². The van der Waals surface area contributed by atoms with Gasteiger partial charge in [-0.1, -0.05) is 41.3 Å². The van der Waals surface area contributed by atoms with Gasteiger partial charge in [-0.05, 0) is 43.0 Å². The van der Waals surface area contributed by atoms with Crippen LogP contribution in [0.15, 0.2) is 17.5 Å². The van der Waals surface area contributed by atoms with Gasteiger partial charge >= 0.3 is 0 Å². The van der Waals surface area contributed by atoms with E-state index in [0.29, 0.717) is 0 Å². The summed E-state index contributed by atoms with van der Waals surface area (Å²) in [6, 6.07) is 4.44. The second kappa shape index (κ2) is 6.05. The third-order valence-corrected chi connectivity index (χ3v) is 5.12. The van der Waals surface area contributed by atoms with Crippen molar-refractivity contribution in [1.29, 1.82) is 0 Å². The Kier molecular flexibility index (Phi) is 4.70. The molecule has 1 saturated carbocycles. The molecule has 2 atom stereocenters. The van der Waals surface area contributed by atoms with E-state index in [4.69, 9.17) is 0 Å². The Morgan fingerprint density at radius 3 is 3.00 bits per heavy atom. The van der Waals surface area contributed by atoms with Crippen LogP contribution in [-0.4, -0.2) is 4.83 Å². The molecule has 1 aromatic rings. The van der Waals surface area contributed by atoms with Crippen LogP contribution in [-0.2, 0) is 6.42 Å². The SMILES string of the molecule is BrC1CCCCC(CCc2cccs2)C1. The van der Waals surface area contributed by atoms with Crippen molar-refractivity contribution >= 4 is 27.3 Å². The van der Waals surface area contributed by atoms with Gasteiger partial charge in [0.25, 0.3) is 0 Å². The van der Waals surface area contributed by atoms with Crippen LogP contribution in [0.5, 0.6) is 0 Å². The first kappa shape index (κ1) is 11.7. The Balaban J connectivity index is 1.78. The summed E-state index contributed by atoms with van der Waals surface area (Å²) in [7, 11) is 0. The predicted octanol–water partition coefficient (Wildman–Crippen LogP) is 5.02. The zero-order chi connectivity index (χ0) is 10.5. The van der Waals surface area contributed by atoms with Crippen LogP contribution in [0.3, 0.4) is 0 Å². The van der Waals surface area contributed by atoms with Crippen LogP contribution in [0.25, 0.3) is 0 Å². The quantitative estimate of drug-likeness (QED) is 0.540. The van der Waals surface area contributed by atoms with E-state index in [1.807, 2.05) is 11.3 Å². The molecule has 0 aliphatic heterocycles. The highest BCUT2D eigenvalue weighted by molar-refractivity contribution is 9.09. The molecule has 0 radical (unpaired) electrons. The molecule has 84 valence electrons. The first-order chi connectivity index (χ1) is 7.34. The summed E-state index contributed by atoms with van der Waals surface area (Å²) < 4.78 is 0. The molecule has 2 heteroatoms. The summed E-state index contributed by atoms with van der Waals surface area (Å²) in [5.74, 6) is 0.957. The van der Waals surface area contributed by atoms with Gasteiger partial charge in [-0.3, -0.25) is 0 Å². The Bertz CT molecular complexity index is 268. The number of alkyl halides is 1. The van der Waals surface area contributed by atoms with Gasteiger partial charge < -0.3 is 0 Å². The number of hydrogen-bond acceptors (Lipinski definition) is 1. The summed E-state index contributed by atoms with van der Waals surface area (Å²) in [4.78, 5) is 2.35. The molecule has 0 N–H and O–H groups in total. The van der Waals surface area contributed by atoms with Crippen LogP contribution in [0.1, 0.15) is 43.4 Å². The number of aryl methyl sites for hydroxylation is 1. The molecule has 1 aromatic heterocycles. The lowest BCUT2D eigenvalue weighted by molar-refractivity contribution is 0.435. The van der Waals surface area contributed by atoms with Gasteiger partial charge in [0, 0.05) is 9.70 Å². The molecule has 2 unspecified atom stereocenters. The highest BCUT2D eigenvalue weighted by Gasteiger charge is 2.17. The highest BCUT2D eigenvalue weighted by atomic mass is 79.9. The summed E-state index contributed by atoms with van der Waals surface area (Å²) in [6.45, 7) is 0. The molecule has 0 amide bonds. The maximum Gasteiger partial charge on any atom is 0.0148 e. The fourth-order valence-corrected chi connectivity index (χ4v) is 4.04. The minimum Gasteiger partial charge on any atom is -0.149 e. The van der Waals surface area contributed by atoms with Gasteiger partial charge in [0.15, 0.2) is 0 Å². The molecule has 1 aliphatic rings. The maximum absolute atomic E-state index is 3.80. The second-order valence-electron chi connectivity index (χ2n) is 4.60. The summed E-state index contributed by atoms with van der Waals surface area (Å²) >= 11 is 5.71. The highest BCUT2D eigenvalue weighted by Crippen LogP contribution is 2.30. The van der Waals surface area contributed by atoms with Crippen LogP contribution in [0.2, 0.25) is 0 Å². The number of hydrogen-bond donors (Lipinski definition) is 0. The summed E-state index contributed by atoms with van der Waals surface area (Å²) in [5, 5.41) is 2.19. The van der Waals surface area contributed by atoms with Crippen molar-refractivity contribution in [1.82, 2.24) is 0 Å². The minimum absolute atomic E-state index is 0.785. The van der Waals surface area contributed by atoms with E-state index in [1.54, 1.807) is 4.88 Å². The molecule has 0 spiro atoms. The van der Waals surface area contributed by atoms with Crippen molar-refractivity contribution in [2.24, 2.45) is 5.92 Å². The van der Waals surface area contributed by atoms with Gasteiger partial charge in [0.1, 0.15) is 0 Å². The van der Waals surface area contributed by atoms with Crippen molar-refractivity contribution in [2.45, 2.75) is 49.8 Å². The minimum atomic E-state index is 0.785. The van der Waals surface area contributed by atoms with E-state index in [1.165, 1.54) is 44.9 Å². The normalized spacial score (nSPS) is 27.5. The first-order valence-electron chi connectivity index (χ1n) is 6.01. The van der Waals surface area contributed by atoms with Gasteiger partial charge in [0.05, 0.1) is 0 Å². The topological polar surface area (TPSA) is 0 Å². The molecule has 0 aromatic carbocycles. The zero-order valence-electron chi connectivity index (χ0n) is 9.12. The van der Waals surface area contributed by atoms with Gasteiger partial charge in [-0.25, -0.2) is 0 Å². The van der Waals surface area contributed by atoms with Crippen LogP contribution in [0, 0.1) is 5.92 Å². The lowest BCUT2D eigenvalue weighted by atomic mass is 9.95. The lowest BCUT2D eigenvalue weighted by Gasteiger charge is -2.15. The fraction of sp³-hybridized carbons (Fsp3) is 0.692. The smallest absolute Gasteiger partial charge is 0.0148 e. The molecule has 0 saturated heterocycles. The first-order valence-corrected chi connectivity index (χ1v) is 7.80. The standard InChI is InChI=1S/C13H19BrS/c14-12-5-2-1-4-11(10-12)7-8-13-6-3-9-15-13/h3,6,9,11-12H,1-2,4-5,7-8,10H2. The summed E-state index contributed by atoms with van der Waals surface area (Å²) in [6.07, 6.45) is 9.78. The maximum atomic E-state index is 3.80. The number of thiophene rings is 1. The average Bonchev–Trinajstić information content (AvgIpc) is 2.65. The van der Waals surface area contributed by atoms with E-state index in [9.17, 15) is 0 Å². The van der Waals surface area contributed by atoms with Crippen molar-refractivity contribution < 1.29 is 0 Å². The predicted molar refractivity (Wildman–Crippen MR) is 71.9 cm³/mol. The fourth-order valence-electron chi connectivity index (χ4n) is 2.46. The Labute approximate surface area is 105 Å². The number of halogens is 1.